The molecule has 0 spiro atoms. The van der Waals surface area contributed by atoms with Crippen LogP contribution in [0.25, 0.3) is 0 Å². The number of hydrogen-bond donors (Lipinski definition) is 1. The van der Waals surface area contributed by atoms with E-state index in [1.807, 2.05) is 0 Å². The monoisotopic (exact) mass is 158 g/mol. The molecular formula is C6H10N2O3. The Hall–Kier alpha value is -1.23. The molecule has 0 aromatic heterocycles. The lowest BCUT2D eigenvalue weighted by atomic mass is 10.5. The summed E-state index contributed by atoms with van der Waals surface area (Å²) in [5.41, 5.74) is 0. The van der Waals surface area contributed by atoms with Crippen molar-refractivity contribution in [2.75, 3.05) is 20.1 Å². The highest BCUT2D eigenvalue weighted by molar-refractivity contribution is 5.82. The molecule has 0 unspecified atom stereocenters. The normalized spacial score (nSPS) is 9.64. The van der Waals surface area contributed by atoms with E-state index in [0.29, 0.717) is 0 Å². The average molecular weight is 158 g/mol. The molecule has 0 aliphatic heterocycles. The van der Waals surface area contributed by atoms with Crippen molar-refractivity contribution in [3.8, 4) is 0 Å². The van der Waals surface area contributed by atoms with Crippen LogP contribution in [-0.2, 0) is 9.59 Å². The minimum atomic E-state index is -0.968. The lowest BCUT2D eigenvalue weighted by molar-refractivity contribution is -0.138. The number of likely N-dealkylation sites (N-methyl/N-ethyl adjacent to an activating group) is 1. The third-order valence-electron chi connectivity index (χ3n) is 0.987. The second-order valence-electron chi connectivity index (χ2n) is 2.12. The fraction of sp³-hybridized carbons (Fsp3) is 0.500. The summed E-state index contributed by atoms with van der Waals surface area (Å²) in [5.74, 6) is -1.39. The molecule has 0 aliphatic rings. The Labute approximate surface area is 64.3 Å². The van der Waals surface area contributed by atoms with E-state index in [4.69, 9.17) is 5.11 Å². The van der Waals surface area contributed by atoms with Crippen molar-refractivity contribution in [2.24, 2.45) is 4.99 Å². The Bertz CT molecular complexity index is 179. The molecule has 0 bridgehead atoms. The zero-order valence-corrected chi connectivity index (χ0v) is 6.28. The SMILES string of the molecule is C=NC(=O)CN(C)CC(=O)O. The Morgan fingerprint density at radius 3 is 2.45 bits per heavy atom. The summed E-state index contributed by atoms with van der Waals surface area (Å²) in [4.78, 5) is 25.1. The maximum absolute atomic E-state index is 10.5. The third kappa shape index (κ3) is 5.23. The number of aliphatic carboxylic acids is 1. The summed E-state index contributed by atoms with van der Waals surface area (Å²) in [6, 6.07) is 0. The van der Waals surface area contributed by atoms with E-state index < -0.39 is 11.9 Å². The summed E-state index contributed by atoms with van der Waals surface area (Å²) in [6.07, 6.45) is 0. The largest absolute Gasteiger partial charge is 0.480 e. The number of rotatable bonds is 4. The van der Waals surface area contributed by atoms with Crippen LogP contribution in [0.3, 0.4) is 0 Å². The van der Waals surface area contributed by atoms with Gasteiger partial charge >= 0.3 is 5.97 Å². The van der Waals surface area contributed by atoms with Crippen molar-refractivity contribution in [2.45, 2.75) is 0 Å². The molecular weight excluding hydrogens is 148 g/mol. The number of carbonyl (C=O) groups excluding carboxylic acids is 1. The zero-order chi connectivity index (χ0) is 8.85. The van der Waals surface area contributed by atoms with E-state index >= 15 is 0 Å². The van der Waals surface area contributed by atoms with Gasteiger partial charge in [-0.05, 0) is 13.8 Å². The number of carboxylic acid groups (broad SMARTS) is 1. The Morgan fingerprint density at radius 2 is 2.09 bits per heavy atom. The van der Waals surface area contributed by atoms with Crippen LogP contribution in [0.5, 0.6) is 0 Å². The molecule has 0 heterocycles. The topological polar surface area (TPSA) is 70.0 Å². The van der Waals surface area contributed by atoms with E-state index in [0.717, 1.165) is 0 Å². The number of amides is 1. The van der Waals surface area contributed by atoms with Crippen molar-refractivity contribution in [3.05, 3.63) is 0 Å². The summed E-state index contributed by atoms with van der Waals surface area (Å²) < 4.78 is 0. The van der Waals surface area contributed by atoms with Crippen molar-refractivity contribution in [1.29, 1.82) is 0 Å². The first-order valence-electron chi connectivity index (χ1n) is 2.96. The van der Waals surface area contributed by atoms with Crippen molar-refractivity contribution < 1.29 is 14.7 Å². The molecule has 0 atom stereocenters. The van der Waals surface area contributed by atoms with Crippen LogP contribution in [-0.4, -0.2) is 48.7 Å². The molecule has 5 nitrogen and oxygen atoms in total. The van der Waals surface area contributed by atoms with Gasteiger partial charge in [-0.25, -0.2) is 4.99 Å². The quantitative estimate of drug-likeness (QED) is 0.545. The second-order valence-corrected chi connectivity index (χ2v) is 2.12. The van der Waals surface area contributed by atoms with Gasteiger partial charge in [0, 0.05) is 0 Å². The molecule has 1 N–H and O–H groups in total. The molecule has 0 rings (SSSR count). The molecule has 0 radical (unpaired) electrons. The van der Waals surface area contributed by atoms with Gasteiger partial charge in [0.2, 0.25) is 0 Å². The molecule has 0 fully saturated rings. The molecule has 11 heavy (non-hydrogen) atoms. The summed E-state index contributed by atoms with van der Waals surface area (Å²) in [7, 11) is 1.52. The fourth-order valence-corrected chi connectivity index (χ4v) is 0.568. The standard InChI is InChI=1S/C6H10N2O3/c1-7-5(9)3-8(2)4-6(10)11/h1,3-4H2,2H3,(H,10,11). The highest BCUT2D eigenvalue weighted by atomic mass is 16.4. The molecule has 62 valence electrons. The Balaban J connectivity index is 3.68. The first-order chi connectivity index (χ1) is 5.06. The number of hydrogen-bond acceptors (Lipinski definition) is 3. The van der Waals surface area contributed by atoms with Crippen LogP contribution in [0.2, 0.25) is 0 Å². The summed E-state index contributed by atoms with van der Waals surface area (Å²) in [5, 5.41) is 8.27. The van der Waals surface area contributed by atoms with E-state index in [1.165, 1.54) is 11.9 Å². The van der Waals surface area contributed by atoms with Gasteiger partial charge in [-0.3, -0.25) is 14.5 Å². The summed E-state index contributed by atoms with van der Waals surface area (Å²) >= 11 is 0. The van der Waals surface area contributed by atoms with Gasteiger partial charge in [0.05, 0.1) is 13.1 Å². The third-order valence-corrected chi connectivity index (χ3v) is 0.987. The number of carbonyl (C=O) groups is 2. The predicted octanol–water partition coefficient (Wildman–Crippen LogP) is -0.770. The van der Waals surface area contributed by atoms with Crippen LogP contribution in [0, 0.1) is 0 Å². The number of carboxylic acids is 1. The highest BCUT2D eigenvalue weighted by Crippen LogP contribution is 1.83. The first kappa shape index (κ1) is 9.77. The molecule has 0 saturated carbocycles. The molecule has 0 aromatic carbocycles. The van der Waals surface area contributed by atoms with E-state index in [-0.39, 0.29) is 13.1 Å². The van der Waals surface area contributed by atoms with Gasteiger partial charge in [-0.2, -0.15) is 0 Å². The smallest absolute Gasteiger partial charge is 0.317 e. The van der Waals surface area contributed by atoms with Gasteiger partial charge in [0.25, 0.3) is 5.91 Å². The van der Waals surface area contributed by atoms with Crippen molar-refractivity contribution >= 4 is 18.6 Å². The highest BCUT2D eigenvalue weighted by Gasteiger charge is 2.06. The maximum atomic E-state index is 10.5. The first-order valence-corrected chi connectivity index (χ1v) is 2.96. The van der Waals surface area contributed by atoms with Gasteiger partial charge in [-0.1, -0.05) is 0 Å². The van der Waals surface area contributed by atoms with Gasteiger partial charge in [-0.15, -0.1) is 0 Å². The van der Waals surface area contributed by atoms with Crippen LogP contribution in [0.15, 0.2) is 4.99 Å². The molecule has 1 amide bonds. The van der Waals surface area contributed by atoms with Crippen molar-refractivity contribution in [1.82, 2.24) is 4.90 Å². The molecule has 0 aliphatic carbocycles. The van der Waals surface area contributed by atoms with Crippen molar-refractivity contribution in [3.63, 3.8) is 0 Å². The van der Waals surface area contributed by atoms with Gasteiger partial charge in [0.1, 0.15) is 0 Å². The maximum Gasteiger partial charge on any atom is 0.317 e. The lowest BCUT2D eigenvalue weighted by Crippen LogP contribution is -2.30. The molecule has 5 heteroatoms. The minimum absolute atomic E-state index is 0.00417. The number of nitrogens with zero attached hydrogens (tertiary/aromatic N) is 2. The van der Waals surface area contributed by atoms with Crippen LogP contribution in [0.1, 0.15) is 0 Å². The van der Waals surface area contributed by atoms with Crippen LogP contribution < -0.4 is 0 Å². The van der Waals surface area contributed by atoms with E-state index in [9.17, 15) is 9.59 Å². The Morgan fingerprint density at radius 1 is 1.55 bits per heavy atom. The lowest BCUT2D eigenvalue weighted by Gasteiger charge is -2.09. The summed E-state index contributed by atoms with van der Waals surface area (Å²) in [6.45, 7) is 2.85. The molecule has 0 saturated heterocycles. The van der Waals surface area contributed by atoms with Crippen LogP contribution in [0.4, 0.5) is 0 Å². The number of aliphatic imine (C=N–C) groups is 1. The zero-order valence-electron chi connectivity index (χ0n) is 6.28. The minimum Gasteiger partial charge on any atom is -0.480 e. The van der Waals surface area contributed by atoms with Crippen LogP contribution >= 0.6 is 0 Å². The van der Waals surface area contributed by atoms with E-state index in [2.05, 4.69) is 11.7 Å². The average Bonchev–Trinajstić information content (AvgIpc) is 1.85. The Kier molecular flexibility index (Phi) is 4.05. The predicted molar refractivity (Wildman–Crippen MR) is 39.7 cm³/mol. The second kappa shape index (κ2) is 4.56. The van der Waals surface area contributed by atoms with Gasteiger partial charge in [0.15, 0.2) is 0 Å². The molecule has 0 aromatic rings. The fourth-order valence-electron chi connectivity index (χ4n) is 0.568. The van der Waals surface area contributed by atoms with E-state index in [1.54, 1.807) is 0 Å². The van der Waals surface area contributed by atoms with Gasteiger partial charge < -0.3 is 5.11 Å².